The molecule has 2 atom stereocenters. The van der Waals surface area contributed by atoms with Crippen molar-refractivity contribution in [2.24, 2.45) is 17.8 Å². The number of carbonyl (C=O) groups is 2. The summed E-state index contributed by atoms with van der Waals surface area (Å²) in [7, 11) is 0. The Kier molecular flexibility index (Phi) is 5.98. The minimum Gasteiger partial charge on any atom is -0.481 e. The van der Waals surface area contributed by atoms with Crippen LogP contribution in [0.1, 0.15) is 68.3 Å². The number of carbonyl (C=O) groups excluding carboxylic acids is 1. The van der Waals surface area contributed by atoms with Gasteiger partial charge in [-0.1, -0.05) is 6.07 Å². The molecular formula is C23H32N2O3. The maximum atomic E-state index is 12.8. The molecule has 1 aromatic rings. The molecule has 1 amide bonds. The predicted octanol–water partition coefficient (Wildman–Crippen LogP) is 3.63. The van der Waals surface area contributed by atoms with Crippen LogP contribution >= 0.6 is 0 Å². The van der Waals surface area contributed by atoms with Crippen LogP contribution in [0.25, 0.3) is 0 Å². The lowest BCUT2D eigenvalue weighted by molar-refractivity contribution is -0.139. The number of piperidine rings is 1. The molecule has 1 aliphatic heterocycles. The lowest BCUT2D eigenvalue weighted by Crippen LogP contribution is -2.41. The number of rotatable bonds is 5. The molecule has 0 spiro atoms. The Bertz CT molecular complexity index is 725. The lowest BCUT2D eigenvalue weighted by Gasteiger charge is -2.33. The van der Waals surface area contributed by atoms with Gasteiger partial charge in [-0.05, 0) is 87.7 Å². The number of aliphatic carboxylic acids is 1. The molecule has 2 aliphatic carbocycles. The number of hydrogen-bond acceptors (Lipinski definition) is 3. The summed E-state index contributed by atoms with van der Waals surface area (Å²) in [6, 6.07) is 4.49. The third kappa shape index (κ3) is 4.56. The summed E-state index contributed by atoms with van der Waals surface area (Å²) in [5.74, 6) is 0.358. The van der Waals surface area contributed by atoms with E-state index in [1.165, 1.54) is 36.2 Å². The quantitative estimate of drug-likeness (QED) is 0.841. The number of fused-ring (bicyclic) bond motifs is 1. The van der Waals surface area contributed by atoms with Crippen molar-refractivity contribution in [2.45, 2.75) is 70.6 Å². The van der Waals surface area contributed by atoms with Crippen LogP contribution in [0.3, 0.4) is 0 Å². The number of likely N-dealkylation sites (tertiary alicyclic amines) is 1. The van der Waals surface area contributed by atoms with Crippen molar-refractivity contribution in [3.8, 4) is 0 Å². The van der Waals surface area contributed by atoms with Crippen LogP contribution in [0.5, 0.6) is 0 Å². The number of pyridine rings is 1. The van der Waals surface area contributed by atoms with Gasteiger partial charge in [-0.15, -0.1) is 0 Å². The highest BCUT2D eigenvalue weighted by Crippen LogP contribution is 2.35. The van der Waals surface area contributed by atoms with Crippen molar-refractivity contribution in [3.05, 3.63) is 29.1 Å². The van der Waals surface area contributed by atoms with Crippen LogP contribution < -0.4 is 0 Å². The Labute approximate surface area is 167 Å². The van der Waals surface area contributed by atoms with Gasteiger partial charge in [0.25, 0.3) is 0 Å². The van der Waals surface area contributed by atoms with Gasteiger partial charge in [0.15, 0.2) is 0 Å². The zero-order valence-corrected chi connectivity index (χ0v) is 16.7. The zero-order valence-electron chi connectivity index (χ0n) is 16.7. The third-order valence-corrected chi connectivity index (χ3v) is 7.01. The summed E-state index contributed by atoms with van der Waals surface area (Å²) in [6.07, 6.45) is 10.7. The van der Waals surface area contributed by atoms with Gasteiger partial charge in [-0.3, -0.25) is 14.6 Å². The molecule has 3 aliphatic rings. The molecule has 28 heavy (non-hydrogen) atoms. The van der Waals surface area contributed by atoms with Crippen molar-refractivity contribution in [2.75, 3.05) is 13.1 Å². The molecule has 0 bridgehead atoms. The fraction of sp³-hybridized carbons (Fsp3) is 0.696. The molecule has 5 heteroatoms. The van der Waals surface area contributed by atoms with E-state index >= 15 is 0 Å². The molecule has 1 aromatic heterocycles. The SMILES string of the molecule is O=C(O)CC1CC[C@@H](C(=O)N2CCC(Cc3ccc4c(n3)CCCC4)CC2)C1. The number of carboxylic acids is 1. The van der Waals surface area contributed by atoms with E-state index in [0.717, 1.165) is 58.0 Å². The second kappa shape index (κ2) is 8.62. The molecule has 1 saturated carbocycles. The van der Waals surface area contributed by atoms with E-state index < -0.39 is 5.97 Å². The molecule has 1 saturated heterocycles. The second-order valence-corrected chi connectivity index (χ2v) is 9.06. The monoisotopic (exact) mass is 384 g/mol. The van der Waals surface area contributed by atoms with Crippen LogP contribution in [0.2, 0.25) is 0 Å². The number of carboxylic acid groups (broad SMARTS) is 1. The first-order valence-corrected chi connectivity index (χ1v) is 11.1. The molecule has 5 nitrogen and oxygen atoms in total. The molecular weight excluding hydrogens is 352 g/mol. The van der Waals surface area contributed by atoms with Crippen molar-refractivity contribution in [1.29, 1.82) is 0 Å². The van der Waals surface area contributed by atoms with Gasteiger partial charge >= 0.3 is 5.97 Å². The average molecular weight is 385 g/mol. The summed E-state index contributed by atoms with van der Waals surface area (Å²) in [4.78, 5) is 30.7. The number of aromatic nitrogens is 1. The van der Waals surface area contributed by atoms with Crippen LogP contribution in [-0.4, -0.2) is 40.0 Å². The predicted molar refractivity (Wildman–Crippen MR) is 107 cm³/mol. The molecule has 152 valence electrons. The summed E-state index contributed by atoms with van der Waals surface area (Å²) in [6.45, 7) is 1.68. The number of amides is 1. The van der Waals surface area contributed by atoms with Crippen LogP contribution in [0.4, 0.5) is 0 Å². The number of nitrogens with zero attached hydrogens (tertiary/aromatic N) is 2. The highest BCUT2D eigenvalue weighted by Gasteiger charge is 2.34. The number of hydrogen-bond donors (Lipinski definition) is 1. The molecule has 4 rings (SSSR count). The average Bonchev–Trinajstić information content (AvgIpc) is 3.16. The van der Waals surface area contributed by atoms with E-state index in [2.05, 4.69) is 12.1 Å². The van der Waals surface area contributed by atoms with E-state index in [0.29, 0.717) is 5.92 Å². The molecule has 0 radical (unpaired) electrons. The summed E-state index contributed by atoms with van der Waals surface area (Å²) >= 11 is 0. The standard InChI is InChI=1S/C23H32N2O3/c26-22(27)15-17-5-6-19(13-17)23(28)25-11-9-16(10-12-25)14-20-8-7-18-3-1-2-4-21(18)24-20/h7-8,16-17,19H,1-6,9-15H2,(H,26,27)/t17?,19-/m1/s1. The van der Waals surface area contributed by atoms with Gasteiger partial charge in [0.05, 0.1) is 0 Å². The number of aryl methyl sites for hydroxylation is 2. The minimum atomic E-state index is -0.741. The van der Waals surface area contributed by atoms with Crippen molar-refractivity contribution >= 4 is 11.9 Å². The first kappa shape index (κ1) is 19.4. The van der Waals surface area contributed by atoms with Gasteiger partial charge in [-0.2, -0.15) is 0 Å². The van der Waals surface area contributed by atoms with Gasteiger partial charge in [0.2, 0.25) is 5.91 Å². The highest BCUT2D eigenvalue weighted by atomic mass is 16.4. The first-order chi connectivity index (χ1) is 13.6. The molecule has 2 fully saturated rings. The maximum Gasteiger partial charge on any atom is 0.303 e. The zero-order chi connectivity index (χ0) is 19.5. The Morgan fingerprint density at radius 2 is 1.82 bits per heavy atom. The Hall–Kier alpha value is -1.91. The largest absolute Gasteiger partial charge is 0.481 e. The fourth-order valence-corrected chi connectivity index (χ4v) is 5.38. The van der Waals surface area contributed by atoms with Gasteiger partial charge in [-0.25, -0.2) is 0 Å². The van der Waals surface area contributed by atoms with Crippen LogP contribution in [-0.2, 0) is 28.9 Å². The summed E-state index contributed by atoms with van der Waals surface area (Å²) in [5.41, 5.74) is 3.97. The molecule has 0 aromatic carbocycles. The van der Waals surface area contributed by atoms with Crippen LogP contribution in [0.15, 0.2) is 12.1 Å². The van der Waals surface area contributed by atoms with E-state index in [1.54, 1.807) is 0 Å². The van der Waals surface area contributed by atoms with E-state index in [4.69, 9.17) is 10.1 Å². The lowest BCUT2D eigenvalue weighted by atomic mass is 9.90. The first-order valence-electron chi connectivity index (χ1n) is 11.1. The van der Waals surface area contributed by atoms with Gasteiger partial charge in [0.1, 0.15) is 0 Å². The van der Waals surface area contributed by atoms with Crippen LogP contribution in [0, 0.1) is 17.8 Å². The molecule has 1 unspecified atom stereocenters. The minimum absolute atomic E-state index is 0.0446. The van der Waals surface area contributed by atoms with E-state index in [-0.39, 0.29) is 24.2 Å². The Morgan fingerprint density at radius 1 is 1.04 bits per heavy atom. The molecule has 2 heterocycles. The summed E-state index contributed by atoms with van der Waals surface area (Å²) < 4.78 is 0. The van der Waals surface area contributed by atoms with Gasteiger partial charge in [0, 0.05) is 36.8 Å². The van der Waals surface area contributed by atoms with E-state index in [1.807, 2.05) is 4.90 Å². The Morgan fingerprint density at radius 3 is 2.61 bits per heavy atom. The topological polar surface area (TPSA) is 70.5 Å². The second-order valence-electron chi connectivity index (χ2n) is 9.06. The normalized spacial score (nSPS) is 25.5. The fourth-order valence-electron chi connectivity index (χ4n) is 5.38. The highest BCUT2D eigenvalue weighted by molar-refractivity contribution is 5.79. The van der Waals surface area contributed by atoms with Crippen molar-refractivity contribution < 1.29 is 14.7 Å². The smallest absolute Gasteiger partial charge is 0.303 e. The van der Waals surface area contributed by atoms with E-state index in [9.17, 15) is 9.59 Å². The van der Waals surface area contributed by atoms with Crippen molar-refractivity contribution in [1.82, 2.24) is 9.88 Å². The third-order valence-electron chi connectivity index (χ3n) is 7.01. The maximum absolute atomic E-state index is 12.8. The van der Waals surface area contributed by atoms with Gasteiger partial charge < -0.3 is 10.0 Å². The van der Waals surface area contributed by atoms with Crippen molar-refractivity contribution in [3.63, 3.8) is 0 Å². The molecule has 1 N–H and O–H groups in total. The Balaban J connectivity index is 1.25. The summed E-state index contributed by atoms with van der Waals surface area (Å²) in [5, 5.41) is 8.96.